The number of rotatable bonds is 10. The van der Waals surface area contributed by atoms with Crippen molar-refractivity contribution in [3.8, 4) is 11.4 Å². The lowest BCUT2D eigenvalue weighted by Gasteiger charge is -2.17. The third-order valence-corrected chi connectivity index (χ3v) is 5.19. The van der Waals surface area contributed by atoms with Gasteiger partial charge in [0.25, 0.3) is 5.91 Å². The maximum Gasteiger partial charge on any atom is 0.251 e. The van der Waals surface area contributed by atoms with Crippen molar-refractivity contribution in [2.24, 2.45) is 0 Å². The molecule has 0 unspecified atom stereocenters. The van der Waals surface area contributed by atoms with Crippen LogP contribution in [0.15, 0.2) is 60.8 Å². The van der Waals surface area contributed by atoms with Crippen LogP contribution < -0.4 is 10.6 Å². The van der Waals surface area contributed by atoms with E-state index in [1.807, 2.05) is 54.6 Å². The molecule has 1 aromatic heterocycles. The zero-order valence-corrected chi connectivity index (χ0v) is 18.6. The van der Waals surface area contributed by atoms with Crippen LogP contribution in [0.5, 0.6) is 0 Å². The molecule has 1 amide bonds. The molecule has 0 aliphatic carbocycles. The third-order valence-electron chi connectivity index (χ3n) is 5.19. The monoisotopic (exact) mass is 417 g/mol. The molecule has 2 N–H and O–H groups in total. The summed E-state index contributed by atoms with van der Waals surface area (Å²) in [6.07, 6.45) is 2.67. The largest absolute Gasteiger partial charge is 0.352 e. The lowest BCUT2D eigenvalue weighted by Crippen LogP contribution is -2.29. The topological polar surface area (TPSA) is 70.2 Å². The molecule has 0 aliphatic rings. The Balaban J connectivity index is 1.61. The molecule has 0 spiro atoms. The second-order valence-electron chi connectivity index (χ2n) is 7.47. The van der Waals surface area contributed by atoms with Gasteiger partial charge in [0.15, 0.2) is 5.82 Å². The molecule has 0 bridgehead atoms. The number of hydrogen-bond acceptors (Lipinski definition) is 5. The number of carbonyl (C=O) groups is 1. The molecule has 2 aromatic carbocycles. The number of aromatic nitrogens is 2. The third kappa shape index (κ3) is 6.62. The standard InChI is InChI=1S/C25H31N5O/c1-4-30(5-2)17-7-15-27-25(31)21-8-6-9-22(18-21)28-23-14-16-26-24(29-23)20-12-10-19(3)11-13-20/h6,8-14,16,18H,4-5,7,15,17H2,1-3H3,(H,27,31)(H,26,28,29). The van der Waals surface area contributed by atoms with Crippen LogP contribution >= 0.6 is 0 Å². The van der Waals surface area contributed by atoms with Crippen molar-refractivity contribution in [1.82, 2.24) is 20.2 Å². The smallest absolute Gasteiger partial charge is 0.251 e. The summed E-state index contributed by atoms with van der Waals surface area (Å²) in [5.74, 6) is 1.28. The Morgan fingerprint density at radius 1 is 1.03 bits per heavy atom. The Labute approximate surface area is 184 Å². The fraction of sp³-hybridized carbons (Fsp3) is 0.320. The van der Waals surface area contributed by atoms with Crippen molar-refractivity contribution in [3.63, 3.8) is 0 Å². The number of aryl methyl sites for hydroxylation is 1. The second kappa shape index (κ2) is 11.2. The van der Waals surface area contributed by atoms with Gasteiger partial charge in [-0.1, -0.05) is 49.7 Å². The predicted octanol–water partition coefficient (Wildman–Crippen LogP) is 4.66. The van der Waals surface area contributed by atoms with Crippen LogP contribution in [0, 0.1) is 6.92 Å². The van der Waals surface area contributed by atoms with Gasteiger partial charge in [-0.05, 0) is 57.2 Å². The molecular weight excluding hydrogens is 386 g/mol. The second-order valence-corrected chi connectivity index (χ2v) is 7.47. The molecule has 0 fully saturated rings. The van der Waals surface area contributed by atoms with E-state index in [1.54, 1.807) is 6.20 Å². The Bertz CT molecular complexity index is 983. The van der Waals surface area contributed by atoms with Gasteiger partial charge in [-0.2, -0.15) is 0 Å². The molecule has 6 nitrogen and oxygen atoms in total. The summed E-state index contributed by atoms with van der Waals surface area (Å²) in [6, 6.07) is 17.4. The van der Waals surface area contributed by atoms with Gasteiger partial charge in [0.2, 0.25) is 0 Å². The highest BCUT2D eigenvalue weighted by Gasteiger charge is 2.08. The van der Waals surface area contributed by atoms with E-state index < -0.39 is 0 Å². The Hall–Kier alpha value is -3.25. The van der Waals surface area contributed by atoms with Crippen LogP contribution in [-0.4, -0.2) is 47.0 Å². The summed E-state index contributed by atoms with van der Waals surface area (Å²) in [4.78, 5) is 23.9. The molecule has 31 heavy (non-hydrogen) atoms. The quantitative estimate of drug-likeness (QED) is 0.470. The minimum absolute atomic E-state index is 0.0637. The van der Waals surface area contributed by atoms with E-state index >= 15 is 0 Å². The summed E-state index contributed by atoms with van der Waals surface area (Å²) >= 11 is 0. The normalized spacial score (nSPS) is 10.8. The predicted molar refractivity (Wildman–Crippen MR) is 127 cm³/mol. The molecule has 0 saturated heterocycles. The average molecular weight is 418 g/mol. The van der Waals surface area contributed by atoms with Crippen LogP contribution in [0.1, 0.15) is 36.2 Å². The van der Waals surface area contributed by atoms with Crippen LogP contribution in [0.2, 0.25) is 0 Å². The highest BCUT2D eigenvalue weighted by atomic mass is 16.1. The fourth-order valence-corrected chi connectivity index (χ4v) is 3.30. The highest BCUT2D eigenvalue weighted by Crippen LogP contribution is 2.20. The van der Waals surface area contributed by atoms with E-state index in [4.69, 9.17) is 0 Å². The van der Waals surface area contributed by atoms with E-state index in [9.17, 15) is 4.79 Å². The number of benzene rings is 2. The maximum absolute atomic E-state index is 12.5. The molecule has 0 atom stereocenters. The minimum atomic E-state index is -0.0637. The first kappa shape index (κ1) is 22.4. The van der Waals surface area contributed by atoms with Crippen LogP contribution in [-0.2, 0) is 0 Å². The number of hydrogen-bond donors (Lipinski definition) is 2. The first-order valence-corrected chi connectivity index (χ1v) is 10.9. The van der Waals surface area contributed by atoms with Gasteiger partial charge < -0.3 is 15.5 Å². The summed E-state index contributed by atoms with van der Waals surface area (Å²) in [7, 11) is 0. The molecule has 0 radical (unpaired) electrons. The summed E-state index contributed by atoms with van der Waals surface area (Å²) in [5.41, 5.74) is 3.60. The van der Waals surface area contributed by atoms with E-state index in [-0.39, 0.29) is 5.91 Å². The first-order chi connectivity index (χ1) is 15.1. The molecule has 162 valence electrons. The van der Waals surface area contributed by atoms with E-state index in [0.717, 1.165) is 37.3 Å². The molecule has 0 saturated carbocycles. The number of anilines is 2. The molecule has 3 rings (SSSR count). The zero-order chi connectivity index (χ0) is 22.1. The van der Waals surface area contributed by atoms with Crippen molar-refractivity contribution in [2.45, 2.75) is 27.2 Å². The van der Waals surface area contributed by atoms with Gasteiger partial charge in [0, 0.05) is 29.6 Å². The van der Waals surface area contributed by atoms with E-state index in [0.29, 0.717) is 23.8 Å². The molecule has 1 heterocycles. The van der Waals surface area contributed by atoms with Gasteiger partial charge in [-0.25, -0.2) is 9.97 Å². The lowest BCUT2D eigenvalue weighted by molar-refractivity contribution is 0.0952. The van der Waals surface area contributed by atoms with E-state index in [1.165, 1.54) is 5.56 Å². The molecule has 6 heteroatoms. The van der Waals surface area contributed by atoms with Crippen molar-refractivity contribution in [2.75, 3.05) is 31.5 Å². The number of nitrogens with zero attached hydrogens (tertiary/aromatic N) is 3. The molecule has 0 aliphatic heterocycles. The molecular formula is C25H31N5O. The zero-order valence-electron chi connectivity index (χ0n) is 18.6. The Kier molecular flexibility index (Phi) is 8.12. The van der Waals surface area contributed by atoms with Gasteiger partial charge in [0.1, 0.15) is 5.82 Å². The van der Waals surface area contributed by atoms with Crippen molar-refractivity contribution in [1.29, 1.82) is 0 Å². The lowest BCUT2D eigenvalue weighted by atomic mass is 10.1. The van der Waals surface area contributed by atoms with Gasteiger partial charge in [-0.3, -0.25) is 4.79 Å². The van der Waals surface area contributed by atoms with Crippen LogP contribution in [0.3, 0.4) is 0 Å². The highest BCUT2D eigenvalue weighted by molar-refractivity contribution is 5.95. The van der Waals surface area contributed by atoms with Crippen LogP contribution in [0.25, 0.3) is 11.4 Å². The molecule has 3 aromatic rings. The number of carbonyl (C=O) groups excluding carboxylic acids is 1. The number of nitrogens with one attached hydrogen (secondary N) is 2. The Morgan fingerprint density at radius 3 is 2.55 bits per heavy atom. The van der Waals surface area contributed by atoms with Gasteiger partial charge in [-0.15, -0.1) is 0 Å². The SMILES string of the molecule is CCN(CC)CCCNC(=O)c1cccc(Nc2ccnc(-c3ccc(C)cc3)n2)c1. The first-order valence-electron chi connectivity index (χ1n) is 10.9. The van der Waals surface area contributed by atoms with Crippen molar-refractivity contribution in [3.05, 3.63) is 71.9 Å². The van der Waals surface area contributed by atoms with E-state index in [2.05, 4.69) is 46.3 Å². The van der Waals surface area contributed by atoms with Crippen molar-refractivity contribution < 1.29 is 4.79 Å². The average Bonchev–Trinajstić information content (AvgIpc) is 2.80. The summed E-state index contributed by atoms with van der Waals surface area (Å²) < 4.78 is 0. The Morgan fingerprint density at radius 2 is 1.81 bits per heavy atom. The maximum atomic E-state index is 12.5. The van der Waals surface area contributed by atoms with Crippen LogP contribution in [0.4, 0.5) is 11.5 Å². The minimum Gasteiger partial charge on any atom is -0.352 e. The van der Waals surface area contributed by atoms with Gasteiger partial charge >= 0.3 is 0 Å². The van der Waals surface area contributed by atoms with Gasteiger partial charge in [0.05, 0.1) is 0 Å². The summed E-state index contributed by atoms with van der Waals surface area (Å²) in [5, 5.41) is 6.29. The van der Waals surface area contributed by atoms with Crippen molar-refractivity contribution >= 4 is 17.4 Å². The summed E-state index contributed by atoms with van der Waals surface area (Å²) in [6.45, 7) is 10.1. The fourth-order valence-electron chi connectivity index (χ4n) is 3.30. The number of amides is 1.